The zero-order valence-electron chi connectivity index (χ0n) is 19.4. The van der Waals surface area contributed by atoms with Crippen LogP contribution in [0.15, 0.2) is 36.5 Å². The summed E-state index contributed by atoms with van der Waals surface area (Å²) in [5, 5.41) is 0. The fraction of sp³-hybridized carbons (Fsp3) is 0.500. The molecule has 1 aromatic carbocycles. The number of amides is 2. The fourth-order valence-corrected chi connectivity index (χ4v) is 3.69. The van der Waals surface area contributed by atoms with Crippen molar-refractivity contribution in [3.63, 3.8) is 0 Å². The molecule has 1 aliphatic rings. The molecule has 0 radical (unpaired) electrons. The predicted octanol–water partition coefficient (Wildman–Crippen LogP) is 2.71. The van der Waals surface area contributed by atoms with Crippen LogP contribution >= 0.6 is 0 Å². The van der Waals surface area contributed by atoms with Crippen molar-refractivity contribution in [3.05, 3.63) is 47.8 Å². The Morgan fingerprint density at radius 1 is 1.12 bits per heavy atom. The third-order valence-electron chi connectivity index (χ3n) is 5.72. The molecule has 1 saturated carbocycles. The quantitative estimate of drug-likeness (QED) is 0.472. The number of hydrogen-bond donors (Lipinski definition) is 0. The summed E-state index contributed by atoms with van der Waals surface area (Å²) >= 11 is 0. The summed E-state index contributed by atoms with van der Waals surface area (Å²) < 4.78 is 17.8. The number of ether oxygens (including phenoxy) is 3. The maximum atomic E-state index is 13.4. The Bertz CT molecular complexity index is 922. The van der Waals surface area contributed by atoms with Gasteiger partial charge in [-0.15, -0.1) is 0 Å². The third-order valence-corrected chi connectivity index (χ3v) is 5.72. The summed E-state index contributed by atoms with van der Waals surface area (Å²) in [4.78, 5) is 30.2. The average Bonchev–Trinajstić information content (AvgIpc) is 3.57. The lowest BCUT2D eigenvalue weighted by Gasteiger charge is -2.28. The normalized spacial score (nSPS) is 13.0. The van der Waals surface area contributed by atoms with Crippen LogP contribution in [-0.2, 0) is 23.1 Å². The lowest BCUT2D eigenvalue weighted by atomic mass is 10.1. The first-order valence-corrected chi connectivity index (χ1v) is 10.9. The predicted molar refractivity (Wildman–Crippen MR) is 121 cm³/mol. The second-order valence-electron chi connectivity index (χ2n) is 8.00. The topological polar surface area (TPSA) is 73.2 Å². The Balaban J connectivity index is 1.79. The van der Waals surface area contributed by atoms with Gasteiger partial charge >= 0.3 is 0 Å². The minimum absolute atomic E-state index is 0.0126. The highest BCUT2D eigenvalue weighted by Gasteiger charge is 2.34. The minimum Gasteiger partial charge on any atom is -0.497 e. The number of carbonyl (C=O) groups excluding carboxylic acids is 2. The van der Waals surface area contributed by atoms with Crippen molar-refractivity contribution in [1.29, 1.82) is 0 Å². The van der Waals surface area contributed by atoms with Gasteiger partial charge in [-0.2, -0.15) is 0 Å². The lowest BCUT2D eigenvalue weighted by Crippen LogP contribution is -2.44. The van der Waals surface area contributed by atoms with E-state index < -0.39 is 0 Å². The van der Waals surface area contributed by atoms with Crippen LogP contribution in [0.2, 0.25) is 0 Å². The molecule has 0 spiro atoms. The monoisotopic (exact) mass is 443 g/mol. The Morgan fingerprint density at radius 2 is 1.91 bits per heavy atom. The van der Waals surface area contributed by atoms with E-state index >= 15 is 0 Å². The Hall–Kier alpha value is -3.00. The molecule has 8 nitrogen and oxygen atoms in total. The molecule has 2 amide bonds. The van der Waals surface area contributed by atoms with E-state index in [2.05, 4.69) is 0 Å². The highest BCUT2D eigenvalue weighted by atomic mass is 16.5. The molecule has 1 fully saturated rings. The van der Waals surface area contributed by atoms with Crippen LogP contribution in [-0.4, -0.2) is 73.2 Å². The number of methoxy groups -OCH3 is 3. The van der Waals surface area contributed by atoms with Crippen LogP contribution in [0.5, 0.6) is 11.5 Å². The molecular formula is C24H33N3O5. The molecule has 2 aromatic rings. The van der Waals surface area contributed by atoms with Crippen molar-refractivity contribution in [2.75, 3.05) is 41.0 Å². The smallest absolute Gasteiger partial charge is 0.258 e. The van der Waals surface area contributed by atoms with Crippen molar-refractivity contribution < 1.29 is 23.8 Å². The van der Waals surface area contributed by atoms with Crippen molar-refractivity contribution in [2.24, 2.45) is 7.05 Å². The summed E-state index contributed by atoms with van der Waals surface area (Å²) in [6, 6.07) is 9.30. The maximum absolute atomic E-state index is 13.4. The summed E-state index contributed by atoms with van der Waals surface area (Å²) in [5.74, 6) is 0.722. The SMILES string of the molecule is COCCCN(CC(=O)N(Cc1cccn1C)C1CC1)C(=O)c1ccc(OC)cc1OC. The number of hydrogen-bond acceptors (Lipinski definition) is 5. The first kappa shape index (κ1) is 23.7. The van der Waals surface area contributed by atoms with E-state index in [0.29, 0.717) is 43.2 Å². The van der Waals surface area contributed by atoms with Gasteiger partial charge in [0.15, 0.2) is 0 Å². The number of aromatic nitrogens is 1. The Morgan fingerprint density at radius 3 is 2.50 bits per heavy atom. The molecule has 1 heterocycles. The van der Waals surface area contributed by atoms with Crippen LogP contribution in [0.1, 0.15) is 35.3 Å². The summed E-state index contributed by atoms with van der Waals surface area (Å²) in [5.41, 5.74) is 1.47. The van der Waals surface area contributed by atoms with Gasteiger partial charge in [-0.1, -0.05) is 0 Å². The Kier molecular flexibility index (Phi) is 8.16. The number of carbonyl (C=O) groups is 2. The fourth-order valence-electron chi connectivity index (χ4n) is 3.69. The zero-order valence-corrected chi connectivity index (χ0v) is 19.4. The maximum Gasteiger partial charge on any atom is 0.258 e. The molecule has 0 unspecified atom stereocenters. The minimum atomic E-state index is -0.247. The molecule has 174 valence electrons. The Labute approximate surface area is 189 Å². The van der Waals surface area contributed by atoms with Gasteiger partial charge in [-0.3, -0.25) is 9.59 Å². The highest BCUT2D eigenvalue weighted by Crippen LogP contribution is 2.29. The average molecular weight is 444 g/mol. The van der Waals surface area contributed by atoms with E-state index in [-0.39, 0.29) is 24.4 Å². The van der Waals surface area contributed by atoms with E-state index in [4.69, 9.17) is 14.2 Å². The van der Waals surface area contributed by atoms with Gasteiger partial charge in [0.2, 0.25) is 5.91 Å². The van der Waals surface area contributed by atoms with Gasteiger partial charge in [0.1, 0.15) is 18.0 Å². The standard InChI is InChI=1S/C24H33N3O5/c1-25-12-5-7-19(25)16-27(18-8-9-18)23(28)17-26(13-6-14-30-2)24(29)21-11-10-20(31-3)15-22(21)32-4/h5,7,10-12,15,18H,6,8-9,13-14,16-17H2,1-4H3. The molecule has 0 aliphatic heterocycles. The van der Waals surface area contributed by atoms with E-state index in [0.717, 1.165) is 18.5 Å². The van der Waals surface area contributed by atoms with Crippen LogP contribution < -0.4 is 9.47 Å². The third kappa shape index (κ3) is 5.82. The van der Waals surface area contributed by atoms with E-state index in [1.807, 2.05) is 34.8 Å². The van der Waals surface area contributed by atoms with E-state index in [9.17, 15) is 9.59 Å². The van der Waals surface area contributed by atoms with E-state index in [1.54, 1.807) is 37.3 Å². The van der Waals surface area contributed by atoms with Crippen LogP contribution in [0.4, 0.5) is 0 Å². The van der Waals surface area contributed by atoms with Crippen molar-refractivity contribution >= 4 is 11.8 Å². The summed E-state index contributed by atoms with van der Waals surface area (Å²) in [6.45, 7) is 1.47. The second kappa shape index (κ2) is 11.0. The van der Waals surface area contributed by atoms with Gasteiger partial charge in [0.25, 0.3) is 5.91 Å². The largest absolute Gasteiger partial charge is 0.497 e. The van der Waals surface area contributed by atoms with Gasteiger partial charge < -0.3 is 28.6 Å². The molecule has 0 bridgehead atoms. The zero-order chi connectivity index (χ0) is 23.1. The van der Waals surface area contributed by atoms with Crippen molar-refractivity contribution in [1.82, 2.24) is 14.4 Å². The lowest BCUT2D eigenvalue weighted by molar-refractivity contribution is -0.133. The number of nitrogens with zero attached hydrogens (tertiary/aromatic N) is 3. The van der Waals surface area contributed by atoms with Crippen molar-refractivity contribution in [3.8, 4) is 11.5 Å². The molecule has 32 heavy (non-hydrogen) atoms. The van der Waals surface area contributed by atoms with Crippen LogP contribution in [0.3, 0.4) is 0 Å². The van der Waals surface area contributed by atoms with Gasteiger partial charge in [0, 0.05) is 51.3 Å². The highest BCUT2D eigenvalue weighted by molar-refractivity contribution is 5.99. The molecule has 1 aromatic heterocycles. The second-order valence-corrected chi connectivity index (χ2v) is 8.00. The summed E-state index contributed by atoms with van der Waals surface area (Å²) in [6.07, 6.45) is 4.61. The number of benzene rings is 1. The van der Waals surface area contributed by atoms with Crippen LogP contribution in [0.25, 0.3) is 0 Å². The van der Waals surface area contributed by atoms with Crippen molar-refractivity contribution in [2.45, 2.75) is 31.8 Å². The first-order chi connectivity index (χ1) is 15.5. The number of aryl methyl sites for hydroxylation is 1. The van der Waals surface area contributed by atoms with E-state index in [1.165, 1.54) is 7.11 Å². The van der Waals surface area contributed by atoms with Gasteiger partial charge in [-0.25, -0.2) is 0 Å². The molecule has 8 heteroatoms. The number of rotatable bonds is 12. The molecule has 3 rings (SSSR count). The molecule has 0 saturated heterocycles. The van der Waals surface area contributed by atoms with Gasteiger partial charge in [0.05, 0.1) is 26.3 Å². The molecular weight excluding hydrogens is 410 g/mol. The van der Waals surface area contributed by atoms with Gasteiger partial charge in [-0.05, 0) is 43.5 Å². The summed E-state index contributed by atoms with van der Waals surface area (Å²) in [7, 11) is 6.67. The first-order valence-electron chi connectivity index (χ1n) is 10.9. The molecule has 1 aliphatic carbocycles. The molecule has 0 atom stereocenters. The van der Waals surface area contributed by atoms with Crippen LogP contribution in [0, 0.1) is 0 Å². The molecule has 0 N–H and O–H groups in total.